The Hall–Kier alpha value is -2.11. The van der Waals surface area contributed by atoms with Gasteiger partial charge in [0.2, 0.25) is 0 Å². The second kappa shape index (κ2) is 8.83. The van der Waals surface area contributed by atoms with Crippen LogP contribution >= 0.6 is 11.6 Å². The first-order chi connectivity index (χ1) is 12.2. The van der Waals surface area contributed by atoms with E-state index in [1.807, 2.05) is 29.2 Å². The largest absolute Gasteiger partial charge is 0.322 e. The number of halogens is 1. The molecule has 1 fully saturated rings. The molecule has 0 bridgehead atoms. The van der Waals surface area contributed by atoms with Gasteiger partial charge < -0.3 is 15.1 Å². The molecular formula is C19H23ClN4O. The maximum absolute atomic E-state index is 12.7. The van der Waals surface area contributed by atoms with E-state index in [0.717, 1.165) is 30.9 Å². The topological polar surface area (TPSA) is 48.5 Å². The Labute approximate surface area is 153 Å². The van der Waals surface area contributed by atoms with Crippen LogP contribution in [0, 0.1) is 0 Å². The molecule has 0 atom stereocenters. The van der Waals surface area contributed by atoms with Gasteiger partial charge in [0.05, 0.1) is 0 Å². The quantitative estimate of drug-likeness (QED) is 0.852. The number of carbonyl (C=O) groups excluding carboxylic acids is 1. The monoisotopic (exact) mass is 358 g/mol. The van der Waals surface area contributed by atoms with Crippen molar-refractivity contribution in [3.05, 3.63) is 59.4 Å². The van der Waals surface area contributed by atoms with Crippen molar-refractivity contribution in [1.29, 1.82) is 0 Å². The number of likely N-dealkylation sites (tertiary alicyclic amines) is 1. The predicted molar refractivity (Wildman–Crippen MR) is 101 cm³/mol. The van der Waals surface area contributed by atoms with Crippen LogP contribution in [0.25, 0.3) is 0 Å². The molecule has 25 heavy (non-hydrogen) atoms. The molecule has 0 radical (unpaired) electrons. The number of pyridine rings is 1. The Morgan fingerprint density at radius 1 is 1.12 bits per heavy atom. The van der Waals surface area contributed by atoms with Gasteiger partial charge in [-0.3, -0.25) is 4.98 Å². The van der Waals surface area contributed by atoms with E-state index >= 15 is 0 Å². The highest BCUT2D eigenvalue weighted by atomic mass is 35.5. The highest BCUT2D eigenvalue weighted by Gasteiger charge is 2.17. The molecular weight excluding hydrogens is 336 g/mol. The second-order valence-corrected chi connectivity index (χ2v) is 6.70. The zero-order valence-electron chi connectivity index (χ0n) is 14.2. The summed E-state index contributed by atoms with van der Waals surface area (Å²) >= 11 is 5.96. The van der Waals surface area contributed by atoms with Crippen LogP contribution in [0.15, 0.2) is 48.8 Å². The molecule has 6 heteroatoms. The minimum atomic E-state index is -0.0969. The van der Waals surface area contributed by atoms with E-state index in [9.17, 15) is 4.79 Å². The van der Waals surface area contributed by atoms with E-state index in [4.69, 9.17) is 11.6 Å². The van der Waals surface area contributed by atoms with Crippen molar-refractivity contribution in [2.45, 2.75) is 19.4 Å². The minimum absolute atomic E-state index is 0.0969. The van der Waals surface area contributed by atoms with E-state index in [1.54, 1.807) is 24.5 Å². The van der Waals surface area contributed by atoms with Crippen LogP contribution < -0.4 is 5.32 Å². The van der Waals surface area contributed by atoms with E-state index < -0.39 is 0 Å². The molecule has 3 rings (SSSR count). The zero-order chi connectivity index (χ0) is 17.5. The van der Waals surface area contributed by atoms with Crippen molar-refractivity contribution in [2.75, 3.05) is 31.5 Å². The van der Waals surface area contributed by atoms with Crippen LogP contribution in [0.4, 0.5) is 10.5 Å². The smallest absolute Gasteiger partial charge is 0.319 e. The maximum atomic E-state index is 12.7. The summed E-state index contributed by atoms with van der Waals surface area (Å²) in [6, 6.07) is 11.1. The molecule has 2 heterocycles. The van der Waals surface area contributed by atoms with Gasteiger partial charge in [-0.2, -0.15) is 0 Å². The number of nitrogens with zero attached hydrogens (tertiary/aromatic N) is 3. The van der Waals surface area contributed by atoms with E-state index in [2.05, 4.69) is 15.2 Å². The fraction of sp³-hybridized carbons (Fsp3) is 0.368. The number of aromatic nitrogens is 1. The Morgan fingerprint density at radius 3 is 2.48 bits per heavy atom. The molecule has 1 aromatic heterocycles. The number of hydrogen-bond donors (Lipinski definition) is 1. The lowest BCUT2D eigenvalue weighted by Crippen LogP contribution is -2.39. The van der Waals surface area contributed by atoms with Crippen LogP contribution in [0.2, 0.25) is 5.02 Å². The summed E-state index contributed by atoms with van der Waals surface area (Å²) in [5.41, 5.74) is 1.82. The first-order valence-electron chi connectivity index (χ1n) is 8.63. The van der Waals surface area contributed by atoms with E-state index in [1.165, 1.54) is 12.8 Å². The molecule has 1 saturated heterocycles. The van der Waals surface area contributed by atoms with Gasteiger partial charge in [0.15, 0.2) is 0 Å². The standard InChI is InChI=1S/C19H23ClN4O/c20-17-5-3-16(4-6-17)15-24(14-13-23-11-1-2-12-23)19(25)22-18-7-9-21-10-8-18/h3-10H,1-2,11-15H2,(H,21,22,25). The van der Waals surface area contributed by atoms with Crippen LogP contribution in [0.3, 0.4) is 0 Å². The lowest BCUT2D eigenvalue weighted by atomic mass is 10.2. The summed E-state index contributed by atoms with van der Waals surface area (Å²) in [5.74, 6) is 0. The molecule has 0 aliphatic carbocycles. The molecule has 1 N–H and O–H groups in total. The van der Waals surface area contributed by atoms with Crippen LogP contribution in [0.1, 0.15) is 18.4 Å². The number of amides is 2. The fourth-order valence-electron chi connectivity index (χ4n) is 2.97. The third-order valence-electron chi connectivity index (χ3n) is 4.39. The normalized spacial score (nSPS) is 14.4. The average molecular weight is 359 g/mol. The zero-order valence-corrected chi connectivity index (χ0v) is 15.0. The summed E-state index contributed by atoms with van der Waals surface area (Å²) in [5, 5.41) is 3.65. The first kappa shape index (κ1) is 17.7. The Balaban J connectivity index is 1.65. The van der Waals surface area contributed by atoms with Crippen molar-refractivity contribution in [3.63, 3.8) is 0 Å². The lowest BCUT2D eigenvalue weighted by molar-refractivity contribution is 0.198. The molecule has 2 aromatic rings. The maximum Gasteiger partial charge on any atom is 0.322 e. The summed E-state index contributed by atoms with van der Waals surface area (Å²) in [6.45, 7) is 4.40. The van der Waals surface area contributed by atoms with Crippen molar-refractivity contribution >= 4 is 23.3 Å². The van der Waals surface area contributed by atoms with Crippen molar-refractivity contribution < 1.29 is 4.79 Å². The van der Waals surface area contributed by atoms with Gasteiger partial charge in [-0.25, -0.2) is 4.79 Å². The molecule has 5 nitrogen and oxygen atoms in total. The third kappa shape index (κ3) is 5.44. The molecule has 0 spiro atoms. The van der Waals surface area contributed by atoms with Crippen LogP contribution in [0.5, 0.6) is 0 Å². The lowest BCUT2D eigenvalue weighted by Gasteiger charge is -2.26. The Bertz CT molecular complexity index is 672. The van der Waals surface area contributed by atoms with Gasteiger partial charge >= 0.3 is 6.03 Å². The van der Waals surface area contributed by atoms with Crippen LogP contribution in [-0.4, -0.2) is 47.0 Å². The second-order valence-electron chi connectivity index (χ2n) is 6.26. The average Bonchev–Trinajstić information content (AvgIpc) is 3.14. The number of anilines is 1. The minimum Gasteiger partial charge on any atom is -0.319 e. The Morgan fingerprint density at radius 2 is 1.80 bits per heavy atom. The van der Waals surface area contributed by atoms with E-state index in [-0.39, 0.29) is 6.03 Å². The first-order valence-corrected chi connectivity index (χ1v) is 9.01. The SMILES string of the molecule is O=C(Nc1ccncc1)N(CCN1CCCC1)Cc1ccc(Cl)cc1. The number of hydrogen-bond acceptors (Lipinski definition) is 3. The van der Waals surface area contributed by atoms with Gasteiger partial charge in [0.25, 0.3) is 0 Å². The summed E-state index contributed by atoms with van der Waals surface area (Å²) in [6.07, 6.45) is 5.84. The van der Waals surface area contributed by atoms with Gasteiger partial charge in [-0.1, -0.05) is 23.7 Å². The van der Waals surface area contributed by atoms with Crippen LogP contribution in [-0.2, 0) is 6.54 Å². The van der Waals surface area contributed by atoms with Crippen molar-refractivity contribution in [3.8, 4) is 0 Å². The summed E-state index contributed by atoms with van der Waals surface area (Å²) < 4.78 is 0. The predicted octanol–water partition coefficient (Wildman–Crippen LogP) is 3.86. The summed E-state index contributed by atoms with van der Waals surface area (Å²) in [4.78, 5) is 21.0. The van der Waals surface area contributed by atoms with E-state index in [0.29, 0.717) is 18.1 Å². The fourth-order valence-corrected chi connectivity index (χ4v) is 3.09. The van der Waals surface area contributed by atoms with Crippen molar-refractivity contribution in [1.82, 2.24) is 14.8 Å². The third-order valence-corrected chi connectivity index (χ3v) is 4.64. The number of carbonyl (C=O) groups is 1. The molecule has 0 saturated carbocycles. The van der Waals surface area contributed by atoms with Gasteiger partial charge in [0.1, 0.15) is 0 Å². The molecule has 1 aliphatic rings. The van der Waals surface area contributed by atoms with Gasteiger partial charge in [-0.15, -0.1) is 0 Å². The number of rotatable bonds is 6. The molecule has 132 valence electrons. The highest BCUT2D eigenvalue weighted by Crippen LogP contribution is 2.14. The molecule has 0 unspecified atom stereocenters. The molecule has 1 aliphatic heterocycles. The highest BCUT2D eigenvalue weighted by molar-refractivity contribution is 6.30. The van der Waals surface area contributed by atoms with Crippen molar-refractivity contribution in [2.24, 2.45) is 0 Å². The number of urea groups is 1. The number of nitrogens with one attached hydrogen (secondary N) is 1. The molecule has 1 aromatic carbocycles. The van der Waals surface area contributed by atoms with Gasteiger partial charge in [0, 0.05) is 42.7 Å². The van der Waals surface area contributed by atoms with Gasteiger partial charge in [-0.05, 0) is 55.8 Å². The number of benzene rings is 1. The summed E-state index contributed by atoms with van der Waals surface area (Å²) in [7, 11) is 0. The Kier molecular flexibility index (Phi) is 6.25. The molecule has 2 amide bonds.